The highest BCUT2D eigenvalue weighted by Gasteiger charge is 2.50. The molecular weight excluding hydrogens is 478 g/mol. The van der Waals surface area contributed by atoms with Crippen molar-refractivity contribution in [3.63, 3.8) is 0 Å². The molecule has 1 N–H and O–H groups in total. The third kappa shape index (κ3) is 6.08. The summed E-state index contributed by atoms with van der Waals surface area (Å²) in [5.41, 5.74) is -0.0841. The van der Waals surface area contributed by atoms with Gasteiger partial charge < -0.3 is 19.7 Å². The third-order valence-electron chi connectivity index (χ3n) is 4.69. The van der Waals surface area contributed by atoms with Gasteiger partial charge in [0.2, 0.25) is 5.91 Å². The van der Waals surface area contributed by atoms with Crippen LogP contribution in [0.25, 0.3) is 0 Å². The highest BCUT2D eigenvalue weighted by atomic mass is 35.5. The number of thioether (sulfide) groups is 1. The minimum absolute atomic E-state index is 0.00905. The fourth-order valence-electron chi connectivity index (χ4n) is 3.45. The highest BCUT2D eigenvalue weighted by Crippen LogP contribution is 2.44. The number of fused-ring (bicyclic) bond motifs is 1. The summed E-state index contributed by atoms with van der Waals surface area (Å²) in [6.07, 6.45) is -0.643. The minimum atomic E-state index is -3.20. The quantitative estimate of drug-likeness (QED) is 0.652. The normalized spacial score (nSPS) is 23.2. The van der Waals surface area contributed by atoms with Crippen LogP contribution in [0.2, 0.25) is 5.02 Å². The molecule has 2 aliphatic rings. The van der Waals surface area contributed by atoms with Gasteiger partial charge in [0.05, 0.1) is 30.3 Å². The second kappa shape index (κ2) is 9.48. The molecule has 176 valence electrons. The number of methoxy groups -OCH3 is 1. The number of benzene rings is 1. The van der Waals surface area contributed by atoms with Crippen molar-refractivity contribution in [2.45, 2.75) is 44.1 Å². The maximum atomic E-state index is 12.5. The van der Waals surface area contributed by atoms with Crippen LogP contribution in [-0.2, 0) is 19.4 Å². The monoisotopic (exact) mass is 503 g/mol. The molecular formula is C20H26ClN3O6S2. The van der Waals surface area contributed by atoms with Crippen molar-refractivity contribution in [3.8, 4) is 5.75 Å². The molecule has 9 nitrogen and oxygen atoms in total. The molecule has 2 heterocycles. The van der Waals surface area contributed by atoms with E-state index in [1.807, 2.05) is 0 Å². The number of anilines is 1. The molecule has 0 saturated carbocycles. The number of aliphatic imine (C=N–C) groups is 1. The van der Waals surface area contributed by atoms with E-state index in [1.165, 1.54) is 18.9 Å². The maximum Gasteiger partial charge on any atom is 0.407 e. The molecule has 0 unspecified atom stereocenters. The number of amides is 2. The number of hydrogen-bond donors (Lipinski definition) is 1. The first-order chi connectivity index (χ1) is 14.9. The molecule has 12 heteroatoms. The Morgan fingerprint density at radius 2 is 2.03 bits per heavy atom. The predicted octanol–water partition coefficient (Wildman–Crippen LogP) is 2.86. The van der Waals surface area contributed by atoms with Gasteiger partial charge in [-0.15, -0.1) is 0 Å². The molecule has 1 aromatic rings. The Labute approximate surface area is 196 Å². The lowest BCUT2D eigenvalue weighted by molar-refractivity contribution is -0.117. The van der Waals surface area contributed by atoms with Gasteiger partial charge in [-0.2, -0.15) is 4.99 Å². The Hall–Kier alpha value is -1.98. The molecule has 0 bridgehead atoms. The van der Waals surface area contributed by atoms with E-state index in [2.05, 4.69) is 10.3 Å². The highest BCUT2D eigenvalue weighted by molar-refractivity contribution is 8.16. The van der Waals surface area contributed by atoms with E-state index in [4.69, 9.17) is 21.1 Å². The number of hydrogen-bond acceptors (Lipinski definition) is 7. The van der Waals surface area contributed by atoms with E-state index in [0.717, 1.165) is 0 Å². The second-order valence-corrected chi connectivity index (χ2v) is 12.3. The Balaban J connectivity index is 1.79. The number of nitrogens with zero attached hydrogens (tertiary/aromatic N) is 2. The first kappa shape index (κ1) is 24.7. The molecule has 2 aliphatic heterocycles. The zero-order valence-electron chi connectivity index (χ0n) is 18.3. The predicted molar refractivity (Wildman–Crippen MR) is 126 cm³/mol. The zero-order chi connectivity index (χ0) is 23.7. The number of sulfone groups is 1. The molecule has 0 aliphatic carbocycles. The van der Waals surface area contributed by atoms with Gasteiger partial charge in [0.25, 0.3) is 0 Å². The van der Waals surface area contributed by atoms with Gasteiger partial charge in [-0.1, -0.05) is 23.4 Å². The number of alkyl carbamates (subject to hydrolysis) is 1. The molecule has 0 spiro atoms. The molecule has 2 atom stereocenters. The maximum absolute atomic E-state index is 12.5. The van der Waals surface area contributed by atoms with Gasteiger partial charge in [-0.3, -0.25) is 4.79 Å². The molecule has 32 heavy (non-hydrogen) atoms. The van der Waals surface area contributed by atoms with E-state index in [0.29, 0.717) is 21.6 Å². The molecule has 3 rings (SSSR count). The Kier molecular flexibility index (Phi) is 7.31. The number of amidine groups is 1. The average Bonchev–Trinajstić information content (AvgIpc) is 3.10. The van der Waals surface area contributed by atoms with Crippen LogP contribution in [0.3, 0.4) is 0 Å². The van der Waals surface area contributed by atoms with E-state index >= 15 is 0 Å². The van der Waals surface area contributed by atoms with Gasteiger partial charge in [0.1, 0.15) is 11.4 Å². The first-order valence-corrected chi connectivity index (χ1v) is 13.0. The topological polar surface area (TPSA) is 114 Å². The van der Waals surface area contributed by atoms with Crippen molar-refractivity contribution in [2.24, 2.45) is 4.99 Å². The van der Waals surface area contributed by atoms with Crippen LogP contribution in [-0.4, -0.2) is 67.6 Å². The minimum Gasteiger partial charge on any atom is -0.495 e. The van der Waals surface area contributed by atoms with E-state index in [1.54, 1.807) is 43.9 Å². The standard InChI is InChI=1S/C20H26ClN3O6S2/c1-20(2,3)30-19(26)22-8-7-17(25)23-18-24(13-9-12(21)5-6-15(13)29-4)14-10-32(27,28)11-16(14)31-18/h5-6,9,14,16H,7-8,10-11H2,1-4H3,(H,22,26)/t14-,16+/m1/s1. The summed E-state index contributed by atoms with van der Waals surface area (Å²) in [4.78, 5) is 30.2. The van der Waals surface area contributed by atoms with Crippen molar-refractivity contribution in [2.75, 3.05) is 30.1 Å². The van der Waals surface area contributed by atoms with Gasteiger partial charge in [-0.25, -0.2) is 13.2 Å². The molecule has 0 radical (unpaired) electrons. The van der Waals surface area contributed by atoms with E-state index < -0.39 is 27.4 Å². The summed E-state index contributed by atoms with van der Waals surface area (Å²) in [5, 5.41) is 3.10. The Morgan fingerprint density at radius 3 is 2.69 bits per heavy atom. The van der Waals surface area contributed by atoms with E-state index in [9.17, 15) is 18.0 Å². The summed E-state index contributed by atoms with van der Waals surface area (Å²) in [5.74, 6) is 0.00662. The van der Waals surface area contributed by atoms with Crippen LogP contribution in [0.15, 0.2) is 23.2 Å². The summed E-state index contributed by atoms with van der Waals surface area (Å²) in [7, 11) is -1.70. The average molecular weight is 504 g/mol. The van der Waals surface area contributed by atoms with Crippen molar-refractivity contribution >= 4 is 56.1 Å². The Morgan fingerprint density at radius 1 is 1.31 bits per heavy atom. The Bertz CT molecular complexity index is 1040. The van der Waals surface area contributed by atoms with Gasteiger partial charge in [-0.05, 0) is 39.0 Å². The van der Waals surface area contributed by atoms with Crippen LogP contribution >= 0.6 is 23.4 Å². The molecule has 0 aromatic heterocycles. The smallest absolute Gasteiger partial charge is 0.407 e. The number of nitrogens with one attached hydrogen (secondary N) is 1. The van der Waals surface area contributed by atoms with Crippen LogP contribution in [0, 0.1) is 0 Å². The van der Waals surface area contributed by atoms with Crippen LogP contribution in [0.1, 0.15) is 27.2 Å². The van der Waals surface area contributed by atoms with Gasteiger partial charge in [0, 0.05) is 23.2 Å². The fourth-order valence-corrected chi connectivity index (χ4v) is 7.54. The van der Waals surface area contributed by atoms with Crippen LogP contribution in [0.5, 0.6) is 5.75 Å². The largest absolute Gasteiger partial charge is 0.495 e. The lowest BCUT2D eigenvalue weighted by atomic mass is 10.2. The van der Waals surface area contributed by atoms with Gasteiger partial charge in [0.15, 0.2) is 15.0 Å². The number of ether oxygens (including phenoxy) is 2. The molecule has 2 saturated heterocycles. The third-order valence-corrected chi connectivity index (χ3v) is 8.14. The number of rotatable bonds is 5. The summed E-state index contributed by atoms with van der Waals surface area (Å²) >= 11 is 7.44. The zero-order valence-corrected chi connectivity index (χ0v) is 20.6. The van der Waals surface area contributed by atoms with Crippen molar-refractivity contribution in [1.29, 1.82) is 0 Å². The van der Waals surface area contributed by atoms with Gasteiger partial charge >= 0.3 is 6.09 Å². The SMILES string of the molecule is COc1ccc(Cl)cc1N1C(=NC(=O)CCNC(=O)OC(C)(C)C)S[C@H]2CS(=O)(=O)C[C@H]21. The molecule has 2 fully saturated rings. The summed E-state index contributed by atoms with van der Waals surface area (Å²) < 4.78 is 35.0. The number of carbonyl (C=O) groups excluding carboxylic acids is 2. The summed E-state index contributed by atoms with van der Waals surface area (Å²) in [6.45, 7) is 5.31. The molecule has 1 aromatic carbocycles. The second-order valence-electron chi connectivity index (χ2n) is 8.45. The van der Waals surface area contributed by atoms with Crippen molar-refractivity contribution in [1.82, 2.24) is 5.32 Å². The lowest BCUT2D eigenvalue weighted by Gasteiger charge is -2.26. The fraction of sp³-hybridized carbons (Fsp3) is 0.550. The summed E-state index contributed by atoms with van der Waals surface area (Å²) in [6, 6.07) is 4.63. The van der Waals surface area contributed by atoms with E-state index in [-0.39, 0.29) is 35.8 Å². The van der Waals surface area contributed by atoms with Crippen LogP contribution in [0.4, 0.5) is 10.5 Å². The first-order valence-electron chi connectivity index (χ1n) is 9.97. The van der Waals surface area contributed by atoms with Crippen molar-refractivity contribution in [3.05, 3.63) is 23.2 Å². The number of halogens is 1. The van der Waals surface area contributed by atoms with Crippen molar-refractivity contribution < 1.29 is 27.5 Å². The molecule has 2 amide bonds. The lowest BCUT2D eigenvalue weighted by Crippen LogP contribution is -2.38. The van der Waals surface area contributed by atoms with Crippen LogP contribution < -0.4 is 15.0 Å². The number of carbonyl (C=O) groups is 2.